The van der Waals surface area contributed by atoms with Crippen LogP contribution in [0.4, 0.5) is 5.82 Å². The number of hydrogen-bond acceptors (Lipinski definition) is 7. The van der Waals surface area contributed by atoms with Crippen molar-refractivity contribution >= 4 is 60.6 Å². The van der Waals surface area contributed by atoms with Gasteiger partial charge in [0.15, 0.2) is 9.84 Å². The van der Waals surface area contributed by atoms with Crippen LogP contribution < -0.4 is 5.32 Å². The number of thioether (sulfide) groups is 1. The number of benzene rings is 1. The summed E-state index contributed by atoms with van der Waals surface area (Å²) < 4.78 is 23.6. The summed E-state index contributed by atoms with van der Waals surface area (Å²) in [5.74, 6) is 2.20. The second-order valence-corrected chi connectivity index (χ2v) is 11.7. The van der Waals surface area contributed by atoms with Gasteiger partial charge in [0.1, 0.15) is 16.5 Å². The van der Waals surface area contributed by atoms with Crippen molar-refractivity contribution < 1.29 is 8.42 Å². The second-order valence-electron chi connectivity index (χ2n) is 7.18. The number of hydrogen-bond donors (Lipinski definition) is 1. The van der Waals surface area contributed by atoms with Crippen molar-refractivity contribution in [1.82, 2.24) is 9.97 Å². The number of thiophene rings is 1. The number of anilines is 1. The number of aromatic nitrogens is 2. The zero-order valence-electron chi connectivity index (χ0n) is 15.4. The molecule has 5 rings (SSSR count). The highest BCUT2D eigenvalue weighted by atomic mass is 35.5. The summed E-state index contributed by atoms with van der Waals surface area (Å²) in [5.41, 5.74) is 1.33. The van der Waals surface area contributed by atoms with Crippen molar-refractivity contribution in [3.05, 3.63) is 57.0 Å². The first-order valence-corrected chi connectivity index (χ1v) is 13.2. The molecule has 0 saturated carbocycles. The molecule has 3 heterocycles. The molecule has 5 nitrogen and oxygen atoms in total. The van der Waals surface area contributed by atoms with Gasteiger partial charge in [-0.15, -0.1) is 23.1 Å². The Labute approximate surface area is 182 Å². The van der Waals surface area contributed by atoms with E-state index in [1.54, 1.807) is 29.2 Å². The minimum absolute atomic E-state index is 0.0691. The first kappa shape index (κ1) is 19.4. The van der Waals surface area contributed by atoms with Crippen LogP contribution in [-0.4, -0.2) is 30.2 Å². The van der Waals surface area contributed by atoms with Crippen molar-refractivity contribution in [2.24, 2.45) is 0 Å². The van der Waals surface area contributed by atoms with Crippen molar-refractivity contribution in [3.8, 4) is 0 Å². The lowest BCUT2D eigenvalue weighted by atomic mass is 10.2. The molecular formula is C20H18ClN3O2S3. The quantitative estimate of drug-likeness (QED) is 0.545. The lowest BCUT2D eigenvalue weighted by Crippen LogP contribution is -2.22. The Morgan fingerprint density at radius 2 is 2.03 bits per heavy atom. The third-order valence-corrected chi connectivity index (χ3v) is 8.89. The molecule has 1 atom stereocenters. The summed E-state index contributed by atoms with van der Waals surface area (Å²) in [7, 11) is -3.13. The molecule has 0 unspecified atom stereocenters. The van der Waals surface area contributed by atoms with Crippen LogP contribution in [0.2, 0.25) is 5.02 Å². The first-order chi connectivity index (χ1) is 14.0. The third kappa shape index (κ3) is 4.03. The first-order valence-electron chi connectivity index (χ1n) is 9.34. The number of sulfone groups is 1. The number of halogens is 1. The van der Waals surface area contributed by atoms with Gasteiger partial charge in [0.25, 0.3) is 0 Å². The van der Waals surface area contributed by atoms with E-state index in [1.165, 1.54) is 15.8 Å². The Bertz CT molecular complexity index is 1220. The van der Waals surface area contributed by atoms with Crippen molar-refractivity contribution in [2.45, 2.75) is 36.0 Å². The van der Waals surface area contributed by atoms with Gasteiger partial charge in [-0.2, -0.15) is 0 Å². The Balaban J connectivity index is 1.47. The van der Waals surface area contributed by atoms with E-state index in [0.29, 0.717) is 10.8 Å². The minimum atomic E-state index is -3.13. The van der Waals surface area contributed by atoms with Gasteiger partial charge in [-0.1, -0.05) is 11.6 Å². The molecule has 0 saturated heterocycles. The maximum absolute atomic E-state index is 11.8. The van der Waals surface area contributed by atoms with Crippen LogP contribution in [0.15, 0.2) is 40.6 Å². The van der Waals surface area contributed by atoms with Crippen LogP contribution in [0.3, 0.4) is 0 Å². The predicted octanol–water partition coefficient (Wildman–Crippen LogP) is 4.85. The molecule has 29 heavy (non-hydrogen) atoms. The molecule has 2 aromatic heterocycles. The second kappa shape index (κ2) is 7.58. The van der Waals surface area contributed by atoms with Gasteiger partial charge in [0.05, 0.1) is 22.9 Å². The smallest absolute Gasteiger partial charge is 0.173 e. The molecule has 9 heteroatoms. The van der Waals surface area contributed by atoms with E-state index in [9.17, 15) is 8.42 Å². The van der Waals surface area contributed by atoms with E-state index in [4.69, 9.17) is 21.6 Å². The number of nitrogens with zero attached hydrogens (tertiary/aromatic N) is 2. The Morgan fingerprint density at radius 3 is 2.79 bits per heavy atom. The van der Waals surface area contributed by atoms with E-state index >= 15 is 0 Å². The number of nitrogens with one attached hydrogen (secondary N) is 1. The summed E-state index contributed by atoms with van der Waals surface area (Å²) >= 11 is 9.36. The van der Waals surface area contributed by atoms with Crippen molar-refractivity contribution in [2.75, 3.05) is 11.1 Å². The van der Waals surface area contributed by atoms with Gasteiger partial charge < -0.3 is 5.32 Å². The molecule has 1 N–H and O–H groups in total. The lowest BCUT2D eigenvalue weighted by Gasteiger charge is -2.14. The molecule has 1 aliphatic heterocycles. The normalized spacial score (nSPS) is 19.7. The number of aryl methyl sites for hydroxylation is 2. The van der Waals surface area contributed by atoms with E-state index in [1.807, 2.05) is 24.3 Å². The minimum Gasteiger partial charge on any atom is -0.362 e. The van der Waals surface area contributed by atoms with Crippen LogP contribution in [0, 0.1) is 0 Å². The fourth-order valence-electron chi connectivity index (χ4n) is 3.73. The van der Waals surface area contributed by atoms with Crippen LogP contribution in [0.5, 0.6) is 0 Å². The van der Waals surface area contributed by atoms with Gasteiger partial charge in [0, 0.05) is 20.2 Å². The topological polar surface area (TPSA) is 72.0 Å². The highest BCUT2D eigenvalue weighted by Crippen LogP contribution is 2.40. The van der Waals surface area contributed by atoms with Crippen LogP contribution in [0.25, 0.3) is 10.2 Å². The highest BCUT2D eigenvalue weighted by molar-refractivity contribution is 7.98. The van der Waals surface area contributed by atoms with Crippen LogP contribution >= 0.6 is 34.7 Å². The molecule has 0 radical (unpaired) electrons. The van der Waals surface area contributed by atoms with Gasteiger partial charge in [-0.05, 0) is 55.2 Å². The lowest BCUT2D eigenvalue weighted by molar-refractivity contribution is 0.605. The molecule has 2 aliphatic rings. The fraction of sp³-hybridized carbons (Fsp3) is 0.300. The maximum atomic E-state index is 11.8. The zero-order valence-corrected chi connectivity index (χ0v) is 18.6. The van der Waals surface area contributed by atoms with Crippen molar-refractivity contribution in [1.29, 1.82) is 0 Å². The molecule has 0 amide bonds. The Kier molecular flexibility index (Phi) is 5.06. The summed E-state index contributed by atoms with van der Waals surface area (Å²) in [6.45, 7) is 0. The van der Waals surface area contributed by atoms with E-state index in [-0.39, 0.29) is 11.8 Å². The maximum Gasteiger partial charge on any atom is 0.173 e. The van der Waals surface area contributed by atoms with E-state index in [0.717, 1.165) is 46.0 Å². The Morgan fingerprint density at radius 1 is 1.21 bits per heavy atom. The largest absolute Gasteiger partial charge is 0.362 e. The summed E-state index contributed by atoms with van der Waals surface area (Å²) in [5, 5.41) is 6.44. The average molecular weight is 464 g/mol. The molecule has 0 bridgehead atoms. The fourth-order valence-corrected chi connectivity index (χ4v) is 7.12. The molecular weight excluding hydrogens is 446 g/mol. The standard InChI is InChI=1S/C20H18ClN3O2S3/c21-12-4-6-14(7-5-12)27-10-17-23-19(22-13-8-9-29(25,26)11-13)18-15-2-1-3-16(15)28-20(18)24-17/h4-9,13H,1-3,10-11H2,(H,22,23,24)/t13-/m0/s1. The summed E-state index contributed by atoms with van der Waals surface area (Å²) in [4.78, 5) is 13.1. The number of rotatable bonds is 5. The van der Waals surface area contributed by atoms with Gasteiger partial charge in [-0.3, -0.25) is 0 Å². The monoisotopic (exact) mass is 463 g/mol. The molecule has 0 spiro atoms. The predicted molar refractivity (Wildman–Crippen MR) is 121 cm³/mol. The zero-order chi connectivity index (χ0) is 20.0. The number of fused-ring (bicyclic) bond motifs is 3. The van der Waals surface area contributed by atoms with Crippen LogP contribution in [-0.2, 0) is 28.4 Å². The van der Waals surface area contributed by atoms with Crippen LogP contribution in [0.1, 0.15) is 22.7 Å². The average Bonchev–Trinajstić information content (AvgIpc) is 3.35. The third-order valence-electron chi connectivity index (χ3n) is 5.04. The van der Waals surface area contributed by atoms with Gasteiger partial charge in [-0.25, -0.2) is 18.4 Å². The summed E-state index contributed by atoms with van der Waals surface area (Å²) in [6, 6.07) is 7.46. The Hall–Kier alpha value is -1.61. The molecule has 1 aliphatic carbocycles. The summed E-state index contributed by atoms with van der Waals surface area (Å²) in [6.07, 6.45) is 4.98. The van der Waals surface area contributed by atoms with Crippen molar-refractivity contribution in [3.63, 3.8) is 0 Å². The van der Waals surface area contributed by atoms with E-state index < -0.39 is 9.84 Å². The molecule has 0 fully saturated rings. The molecule has 150 valence electrons. The van der Waals surface area contributed by atoms with Gasteiger partial charge in [0.2, 0.25) is 0 Å². The van der Waals surface area contributed by atoms with E-state index in [2.05, 4.69) is 5.32 Å². The molecule has 3 aromatic rings. The van der Waals surface area contributed by atoms with Gasteiger partial charge >= 0.3 is 0 Å². The SMILES string of the molecule is O=S1(=O)C=C[C@H](Nc2nc(CSc3ccc(Cl)cc3)nc3sc4c(c23)CCC4)C1. The molecule has 1 aromatic carbocycles. The highest BCUT2D eigenvalue weighted by Gasteiger charge is 2.26.